The first-order chi connectivity index (χ1) is 12.1. The zero-order valence-electron chi connectivity index (χ0n) is 15.1. The van der Waals surface area contributed by atoms with E-state index in [9.17, 15) is 5.11 Å². The topological polar surface area (TPSA) is 79.0 Å². The van der Waals surface area contributed by atoms with Gasteiger partial charge in [0.15, 0.2) is 5.96 Å². The number of nitrogens with one attached hydrogen (secondary N) is 2. The minimum absolute atomic E-state index is 0.284. The summed E-state index contributed by atoms with van der Waals surface area (Å²) in [6, 6.07) is 4.11. The summed E-state index contributed by atoms with van der Waals surface area (Å²) < 4.78 is 11.5. The fourth-order valence-electron chi connectivity index (χ4n) is 4.82. The molecule has 1 aromatic rings. The highest BCUT2D eigenvalue weighted by Crippen LogP contribution is 2.62. The zero-order chi connectivity index (χ0) is 17.4. The molecule has 3 fully saturated rings. The van der Waals surface area contributed by atoms with Gasteiger partial charge in [-0.1, -0.05) is 6.42 Å². The molecule has 0 bridgehead atoms. The van der Waals surface area contributed by atoms with Crippen molar-refractivity contribution in [3.63, 3.8) is 0 Å². The minimum atomic E-state index is -0.717. The Morgan fingerprint density at radius 2 is 2.28 bits per heavy atom. The van der Waals surface area contributed by atoms with Crippen molar-refractivity contribution < 1.29 is 14.3 Å². The molecule has 1 spiro atoms. The van der Waals surface area contributed by atoms with Crippen molar-refractivity contribution in [2.75, 3.05) is 19.7 Å². The highest BCUT2D eigenvalue weighted by atomic mass is 16.5. The van der Waals surface area contributed by atoms with Crippen molar-refractivity contribution in [2.45, 2.75) is 57.8 Å². The number of aliphatic imine (C=N–C) groups is 1. The van der Waals surface area contributed by atoms with E-state index in [1.807, 2.05) is 19.1 Å². The lowest BCUT2D eigenvalue weighted by atomic mass is 9.46. The van der Waals surface area contributed by atoms with Gasteiger partial charge < -0.3 is 24.9 Å². The first kappa shape index (κ1) is 16.9. The van der Waals surface area contributed by atoms with E-state index in [-0.39, 0.29) is 6.54 Å². The number of hydrogen-bond donors (Lipinski definition) is 3. The summed E-state index contributed by atoms with van der Waals surface area (Å²) in [5.41, 5.74) is 0.314. The molecule has 1 saturated heterocycles. The molecule has 0 amide bonds. The molecule has 6 nitrogen and oxygen atoms in total. The molecule has 6 heteroatoms. The van der Waals surface area contributed by atoms with Crippen molar-refractivity contribution in [3.8, 4) is 0 Å². The number of ether oxygens (including phenoxy) is 1. The maximum absolute atomic E-state index is 10.3. The van der Waals surface area contributed by atoms with Crippen LogP contribution in [-0.4, -0.2) is 42.9 Å². The molecular formula is C19H29N3O3. The molecule has 4 atom stereocenters. The number of furan rings is 1. The minimum Gasteiger partial charge on any atom is -0.464 e. The largest absolute Gasteiger partial charge is 0.464 e. The monoisotopic (exact) mass is 347 g/mol. The van der Waals surface area contributed by atoms with Gasteiger partial charge >= 0.3 is 0 Å². The van der Waals surface area contributed by atoms with E-state index in [2.05, 4.69) is 22.5 Å². The van der Waals surface area contributed by atoms with E-state index in [1.54, 1.807) is 0 Å². The summed E-state index contributed by atoms with van der Waals surface area (Å²) in [6.07, 6.45) is 4.66. The second-order valence-corrected chi connectivity index (χ2v) is 7.64. The van der Waals surface area contributed by atoms with Crippen molar-refractivity contribution in [1.29, 1.82) is 0 Å². The van der Waals surface area contributed by atoms with Crippen molar-refractivity contribution in [1.82, 2.24) is 10.6 Å². The average molecular weight is 347 g/mol. The quantitative estimate of drug-likeness (QED) is 0.562. The van der Waals surface area contributed by atoms with Crippen LogP contribution in [0.2, 0.25) is 0 Å². The van der Waals surface area contributed by atoms with Gasteiger partial charge in [0.05, 0.1) is 12.6 Å². The van der Waals surface area contributed by atoms with Crippen molar-refractivity contribution in [2.24, 2.45) is 16.3 Å². The van der Waals surface area contributed by atoms with Gasteiger partial charge in [-0.3, -0.25) is 4.99 Å². The molecule has 3 aliphatic rings. The summed E-state index contributed by atoms with van der Waals surface area (Å²) in [6.45, 7) is 5.91. The Hall–Kier alpha value is -1.53. The summed E-state index contributed by atoms with van der Waals surface area (Å²) in [5.74, 6) is 2.76. The van der Waals surface area contributed by atoms with Crippen LogP contribution in [0.15, 0.2) is 21.5 Å². The molecule has 3 N–H and O–H groups in total. The van der Waals surface area contributed by atoms with Crippen molar-refractivity contribution >= 4 is 5.96 Å². The summed E-state index contributed by atoms with van der Waals surface area (Å²) in [7, 11) is 0. The normalized spacial score (nSPS) is 31.2. The summed E-state index contributed by atoms with van der Waals surface area (Å²) >= 11 is 0. The van der Waals surface area contributed by atoms with Crippen LogP contribution in [0.3, 0.4) is 0 Å². The predicted octanol–water partition coefficient (Wildman–Crippen LogP) is 2.13. The second-order valence-electron chi connectivity index (χ2n) is 7.64. The lowest BCUT2D eigenvalue weighted by molar-refractivity contribution is -0.171. The molecule has 2 aliphatic carbocycles. The fraction of sp³-hybridized carbons (Fsp3) is 0.737. The molecule has 138 valence electrons. The number of aryl methyl sites for hydroxylation is 1. The number of nitrogens with zero attached hydrogens (tertiary/aromatic N) is 1. The van der Waals surface area contributed by atoms with Gasteiger partial charge in [-0.25, -0.2) is 0 Å². The Kier molecular flexibility index (Phi) is 4.50. The SMILES string of the molecule is CCNC(=NCC(O)c1ccc(C)o1)NC1C2CCOC2C12CCC2. The van der Waals surface area contributed by atoms with Crippen LogP contribution >= 0.6 is 0 Å². The standard InChI is InChI=1S/C19H29N3O3/c1-3-20-18(21-11-14(23)15-6-5-12(2)25-15)22-16-13-7-10-24-17(13)19(16)8-4-9-19/h5-6,13-14,16-17,23H,3-4,7-11H2,1-2H3,(H2,20,21,22). The molecule has 2 saturated carbocycles. The molecule has 4 unspecified atom stereocenters. The molecule has 1 aliphatic heterocycles. The predicted molar refractivity (Wildman–Crippen MR) is 95.4 cm³/mol. The van der Waals surface area contributed by atoms with Crippen LogP contribution in [-0.2, 0) is 4.74 Å². The summed E-state index contributed by atoms with van der Waals surface area (Å²) in [5, 5.41) is 17.3. The van der Waals surface area contributed by atoms with Gasteiger partial charge in [-0.05, 0) is 45.2 Å². The molecule has 0 radical (unpaired) electrons. The lowest BCUT2D eigenvalue weighted by Gasteiger charge is -2.63. The Labute approximate surface area is 149 Å². The summed E-state index contributed by atoms with van der Waals surface area (Å²) in [4.78, 5) is 4.60. The van der Waals surface area contributed by atoms with E-state index in [0.717, 1.165) is 31.3 Å². The van der Waals surface area contributed by atoms with E-state index in [0.29, 0.717) is 29.2 Å². The van der Waals surface area contributed by atoms with Gasteiger partial charge in [0, 0.05) is 30.5 Å². The number of hydrogen-bond acceptors (Lipinski definition) is 4. The third-order valence-electron chi connectivity index (χ3n) is 6.18. The Balaban J connectivity index is 1.42. The van der Waals surface area contributed by atoms with Crippen LogP contribution in [0.5, 0.6) is 0 Å². The van der Waals surface area contributed by atoms with Crippen LogP contribution < -0.4 is 10.6 Å². The second kappa shape index (κ2) is 6.65. The number of rotatable bonds is 5. The zero-order valence-corrected chi connectivity index (χ0v) is 15.1. The number of aliphatic hydroxyl groups is 1. The Morgan fingerprint density at radius 1 is 1.44 bits per heavy atom. The maximum atomic E-state index is 10.3. The van der Waals surface area contributed by atoms with Crippen LogP contribution in [0, 0.1) is 18.3 Å². The van der Waals surface area contributed by atoms with Gasteiger partial charge in [-0.15, -0.1) is 0 Å². The van der Waals surface area contributed by atoms with Gasteiger partial charge in [0.2, 0.25) is 0 Å². The van der Waals surface area contributed by atoms with Crippen LogP contribution in [0.4, 0.5) is 0 Å². The highest BCUT2D eigenvalue weighted by molar-refractivity contribution is 5.80. The molecule has 0 aromatic carbocycles. The fourth-order valence-corrected chi connectivity index (χ4v) is 4.82. The third-order valence-corrected chi connectivity index (χ3v) is 6.18. The smallest absolute Gasteiger partial charge is 0.191 e. The average Bonchev–Trinajstić information content (AvgIpc) is 3.16. The molecular weight excluding hydrogens is 318 g/mol. The van der Waals surface area contributed by atoms with Crippen molar-refractivity contribution in [3.05, 3.63) is 23.7 Å². The Morgan fingerprint density at radius 3 is 2.92 bits per heavy atom. The molecule has 4 rings (SSSR count). The van der Waals surface area contributed by atoms with Gasteiger partial charge in [-0.2, -0.15) is 0 Å². The lowest BCUT2D eigenvalue weighted by Crippen LogP contribution is -2.72. The first-order valence-electron chi connectivity index (χ1n) is 9.55. The van der Waals surface area contributed by atoms with Crippen LogP contribution in [0.25, 0.3) is 0 Å². The van der Waals surface area contributed by atoms with Gasteiger partial charge in [0.1, 0.15) is 17.6 Å². The Bertz CT molecular complexity index is 638. The first-order valence-corrected chi connectivity index (χ1v) is 9.55. The van der Waals surface area contributed by atoms with E-state index < -0.39 is 6.10 Å². The molecule has 1 aromatic heterocycles. The van der Waals surface area contributed by atoms with Crippen LogP contribution in [0.1, 0.15) is 50.2 Å². The molecule has 2 heterocycles. The van der Waals surface area contributed by atoms with E-state index in [1.165, 1.54) is 19.3 Å². The van der Waals surface area contributed by atoms with Gasteiger partial charge in [0.25, 0.3) is 0 Å². The number of aliphatic hydroxyl groups excluding tert-OH is 1. The number of fused-ring (bicyclic) bond motifs is 2. The maximum Gasteiger partial charge on any atom is 0.191 e. The molecule has 25 heavy (non-hydrogen) atoms. The number of guanidine groups is 1. The van der Waals surface area contributed by atoms with E-state index >= 15 is 0 Å². The van der Waals surface area contributed by atoms with E-state index in [4.69, 9.17) is 9.15 Å². The third kappa shape index (κ3) is 2.85. The highest BCUT2D eigenvalue weighted by Gasteiger charge is 2.66.